The zero-order valence-electron chi connectivity index (χ0n) is 10.8. The highest BCUT2D eigenvalue weighted by Crippen LogP contribution is 2.18. The van der Waals surface area contributed by atoms with E-state index >= 15 is 0 Å². The Morgan fingerprint density at radius 3 is 2.80 bits per heavy atom. The number of thiocarbonyl (C=S) groups is 1. The number of H-pyrrole nitrogens is 1. The van der Waals surface area contributed by atoms with Crippen LogP contribution in [0.1, 0.15) is 11.3 Å². The van der Waals surface area contributed by atoms with E-state index in [0.717, 1.165) is 10.2 Å². The summed E-state index contributed by atoms with van der Waals surface area (Å²) in [5.41, 5.74) is 12.8. The largest absolute Gasteiger partial charge is 0.374 e. The first-order valence-corrected chi connectivity index (χ1v) is 6.26. The Morgan fingerprint density at radius 1 is 1.45 bits per heavy atom. The fourth-order valence-electron chi connectivity index (χ4n) is 1.66. The van der Waals surface area contributed by atoms with Crippen molar-refractivity contribution in [3.8, 4) is 0 Å². The Hall–Kier alpha value is -2.32. The molecule has 1 aromatic carbocycles. The topological polar surface area (TPSA) is 115 Å². The summed E-state index contributed by atoms with van der Waals surface area (Å²) >= 11 is 4.76. The van der Waals surface area contributed by atoms with Gasteiger partial charge in [-0.05, 0) is 36.8 Å². The van der Waals surface area contributed by atoms with E-state index in [1.807, 2.05) is 12.1 Å². The molecule has 0 saturated carbocycles. The molecule has 7 nitrogen and oxygen atoms in total. The van der Waals surface area contributed by atoms with Crippen molar-refractivity contribution in [3.63, 3.8) is 0 Å². The van der Waals surface area contributed by atoms with Crippen LogP contribution >= 0.6 is 12.2 Å². The van der Waals surface area contributed by atoms with Gasteiger partial charge in [-0.15, -0.1) is 5.11 Å². The first-order chi connectivity index (χ1) is 9.52. The molecule has 0 saturated heterocycles. The van der Waals surface area contributed by atoms with Crippen LogP contribution < -0.4 is 17.0 Å². The number of nitrogens with two attached hydrogens (primary N) is 2. The minimum absolute atomic E-state index is 0.0651. The molecule has 2 aromatic rings. The van der Waals surface area contributed by atoms with Crippen molar-refractivity contribution in [2.75, 3.05) is 0 Å². The maximum Gasteiger partial charge on any atom is 0.301 e. The lowest BCUT2D eigenvalue weighted by Crippen LogP contribution is -2.29. The molecule has 2 rings (SSSR count). The van der Waals surface area contributed by atoms with Crippen molar-refractivity contribution >= 4 is 28.7 Å². The van der Waals surface area contributed by atoms with Crippen LogP contribution in [0.2, 0.25) is 0 Å². The SMILES string of the molecule is Cc1[nH]n(C(N)=S)c(=O)c1N=Nc1cccc(CN)c1. The van der Waals surface area contributed by atoms with Crippen molar-refractivity contribution < 1.29 is 0 Å². The molecule has 8 heteroatoms. The summed E-state index contributed by atoms with van der Waals surface area (Å²) in [5, 5.41) is 10.7. The molecule has 0 aliphatic carbocycles. The number of azo groups is 1. The number of nitrogens with one attached hydrogen (secondary N) is 1. The highest BCUT2D eigenvalue weighted by Gasteiger charge is 2.11. The number of hydrogen-bond acceptors (Lipinski definition) is 5. The number of nitrogens with zero attached hydrogens (tertiary/aromatic N) is 3. The Bertz CT molecular complexity index is 730. The molecular weight excluding hydrogens is 276 g/mol. The molecule has 0 amide bonds. The average Bonchev–Trinajstić information content (AvgIpc) is 2.72. The maximum absolute atomic E-state index is 12.0. The lowest BCUT2D eigenvalue weighted by molar-refractivity contribution is 0.889. The first kappa shape index (κ1) is 14.1. The summed E-state index contributed by atoms with van der Waals surface area (Å²) in [4.78, 5) is 12.0. The van der Waals surface area contributed by atoms with E-state index < -0.39 is 5.56 Å². The van der Waals surface area contributed by atoms with E-state index in [-0.39, 0.29) is 10.8 Å². The Kier molecular flexibility index (Phi) is 4.06. The summed E-state index contributed by atoms with van der Waals surface area (Å²) < 4.78 is 1.05. The molecule has 0 aliphatic heterocycles. The van der Waals surface area contributed by atoms with E-state index in [9.17, 15) is 4.79 Å². The van der Waals surface area contributed by atoms with Gasteiger partial charge in [-0.1, -0.05) is 12.1 Å². The van der Waals surface area contributed by atoms with E-state index in [2.05, 4.69) is 15.3 Å². The van der Waals surface area contributed by atoms with E-state index in [1.165, 1.54) is 0 Å². The second kappa shape index (κ2) is 5.76. The third-order valence-electron chi connectivity index (χ3n) is 2.67. The third kappa shape index (κ3) is 2.81. The average molecular weight is 290 g/mol. The highest BCUT2D eigenvalue weighted by molar-refractivity contribution is 7.80. The summed E-state index contributed by atoms with van der Waals surface area (Å²) in [6, 6.07) is 7.29. The summed E-state index contributed by atoms with van der Waals surface area (Å²) in [5.74, 6) is 0. The van der Waals surface area contributed by atoms with Crippen LogP contribution in [0.3, 0.4) is 0 Å². The van der Waals surface area contributed by atoms with Crippen LogP contribution in [0.15, 0.2) is 39.3 Å². The predicted octanol–water partition coefficient (Wildman–Crippen LogP) is 1.45. The zero-order valence-corrected chi connectivity index (χ0v) is 11.6. The van der Waals surface area contributed by atoms with E-state index in [0.29, 0.717) is 17.9 Å². The van der Waals surface area contributed by atoms with Gasteiger partial charge in [-0.3, -0.25) is 9.89 Å². The number of hydrogen-bond donors (Lipinski definition) is 3. The number of aryl methyl sites for hydroxylation is 1. The van der Waals surface area contributed by atoms with Gasteiger partial charge < -0.3 is 11.5 Å². The summed E-state index contributed by atoms with van der Waals surface area (Å²) in [6.45, 7) is 2.11. The quantitative estimate of drug-likeness (QED) is 0.586. The molecule has 0 spiro atoms. The summed E-state index contributed by atoms with van der Waals surface area (Å²) in [7, 11) is 0. The van der Waals surface area contributed by atoms with Crippen LogP contribution in [0.5, 0.6) is 0 Å². The maximum atomic E-state index is 12.0. The van der Waals surface area contributed by atoms with Gasteiger partial charge in [0.2, 0.25) is 0 Å². The predicted molar refractivity (Wildman–Crippen MR) is 80.5 cm³/mol. The van der Waals surface area contributed by atoms with Crippen LogP contribution in [0.4, 0.5) is 11.4 Å². The molecule has 0 bridgehead atoms. The van der Waals surface area contributed by atoms with Crippen LogP contribution in [-0.2, 0) is 6.54 Å². The molecule has 0 aliphatic rings. The Labute approximate surface area is 120 Å². The number of benzene rings is 1. The molecule has 0 unspecified atom stereocenters. The molecule has 20 heavy (non-hydrogen) atoms. The van der Waals surface area contributed by atoms with Crippen LogP contribution in [0.25, 0.3) is 0 Å². The number of rotatable bonds is 3. The molecule has 0 atom stereocenters. The van der Waals surface area contributed by atoms with Gasteiger partial charge >= 0.3 is 5.56 Å². The number of aromatic nitrogens is 2. The Balaban J connectivity index is 2.36. The van der Waals surface area contributed by atoms with Gasteiger partial charge in [0.05, 0.1) is 11.4 Å². The highest BCUT2D eigenvalue weighted by atomic mass is 32.1. The number of aromatic amines is 1. The fraction of sp³-hybridized carbons (Fsp3) is 0.167. The Morgan fingerprint density at radius 2 is 2.20 bits per heavy atom. The van der Waals surface area contributed by atoms with E-state index in [1.54, 1.807) is 19.1 Å². The smallest absolute Gasteiger partial charge is 0.301 e. The fourth-order valence-corrected chi connectivity index (χ4v) is 1.79. The normalized spacial score (nSPS) is 11.1. The second-order valence-electron chi connectivity index (χ2n) is 4.14. The molecule has 1 aromatic heterocycles. The van der Waals surface area contributed by atoms with Crippen molar-refractivity contribution in [1.29, 1.82) is 0 Å². The van der Waals surface area contributed by atoms with Crippen LogP contribution in [0, 0.1) is 6.92 Å². The van der Waals surface area contributed by atoms with Crippen molar-refractivity contribution in [2.45, 2.75) is 13.5 Å². The van der Waals surface area contributed by atoms with Gasteiger partial charge in [0.1, 0.15) is 0 Å². The lowest BCUT2D eigenvalue weighted by Gasteiger charge is -1.96. The zero-order chi connectivity index (χ0) is 14.7. The minimum Gasteiger partial charge on any atom is -0.374 e. The third-order valence-corrected chi connectivity index (χ3v) is 2.86. The van der Waals surface area contributed by atoms with E-state index in [4.69, 9.17) is 23.7 Å². The van der Waals surface area contributed by atoms with Gasteiger partial charge in [0, 0.05) is 6.54 Å². The standard InChI is InChI=1S/C12H14N6OS/c1-7-10(11(19)18(17-7)12(14)20)16-15-9-4-2-3-8(5-9)6-13/h2-5,17H,6,13H2,1H3,(H2,14,20). The molecule has 104 valence electrons. The van der Waals surface area contributed by atoms with Crippen molar-refractivity contribution in [2.24, 2.45) is 21.7 Å². The molecule has 0 fully saturated rings. The first-order valence-electron chi connectivity index (χ1n) is 5.85. The monoisotopic (exact) mass is 290 g/mol. The second-order valence-corrected chi connectivity index (χ2v) is 4.56. The molecule has 0 radical (unpaired) electrons. The van der Waals surface area contributed by atoms with Crippen molar-refractivity contribution in [1.82, 2.24) is 9.78 Å². The van der Waals surface area contributed by atoms with Crippen molar-refractivity contribution in [3.05, 3.63) is 45.9 Å². The lowest BCUT2D eigenvalue weighted by atomic mass is 10.2. The molecule has 5 N–H and O–H groups in total. The minimum atomic E-state index is -0.422. The summed E-state index contributed by atoms with van der Waals surface area (Å²) in [6.07, 6.45) is 0. The van der Waals surface area contributed by atoms with Gasteiger partial charge in [-0.2, -0.15) is 9.80 Å². The molecule has 1 heterocycles. The van der Waals surface area contributed by atoms with Gasteiger partial charge in [0.25, 0.3) is 0 Å². The molecular formula is C12H14N6OS. The van der Waals surface area contributed by atoms with Gasteiger partial charge in [0.15, 0.2) is 10.8 Å². The van der Waals surface area contributed by atoms with Crippen LogP contribution in [-0.4, -0.2) is 14.9 Å². The van der Waals surface area contributed by atoms with Gasteiger partial charge in [-0.25, -0.2) is 0 Å².